The number of ether oxygens (including phenoxy) is 2. The Kier molecular flexibility index (Phi) is 9.72. The van der Waals surface area contributed by atoms with E-state index < -0.39 is 10.8 Å². The lowest BCUT2D eigenvalue weighted by Crippen LogP contribution is -2.28. The molecule has 3 nitrogen and oxygen atoms in total. The van der Waals surface area contributed by atoms with Gasteiger partial charge in [0, 0.05) is 17.1 Å². The summed E-state index contributed by atoms with van der Waals surface area (Å²) in [6.07, 6.45) is 0. The highest BCUT2D eigenvalue weighted by Crippen LogP contribution is 2.59. The number of anilines is 3. The highest BCUT2D eigenvalue weighted by atomic mass is 16.7. The molecule has 0 amide bonds. The first-order valence-electron chi connectivity index (χ1n) is 24.8. The minimum Gasteiger partial charge on any atom is -0.454 e. The van der Waals surface area contributed by atoms with Crippen molar-refractivity contribution in [2.24, 2.45) is 0 Å². The molecule has 1 aliphatic heterocycles. The first-order chi connectivity index (χ1) is 35.7. The van der Waals surface area contributed by atoms with Crippen molar-refractivity contribution in [3.05, 3.63) is 317 Å². The zero-order chi connectivity index (χ0) is 47.6. The van der Waals surface area contributed by atoms with Gasteiger partial charge in [-0.3, -0.25) is 0 Å². The smallest absolute Gasteiger partial charge is 0.231 e. The van der Waals surface area contributed by atoms with Crippen LogP contribution in [0, 0.1) is 0 Å². The summed E-state index contributed by atoms with van der Waals surface area (Å²) >= 11 is 0. The van der Waals surface area contributed by atoms with Crippen LogP contribution in [0.25, 0.3) is 44.5 Å². The molecule has 0 atom stereocenters. The summed E-state index contributed by atoms with van der Waals surface area (Å²) in [4.78, 5) is 2.41. The standard InChI is InChI=1S/C69H47NO2/c1-5-17-51(18-6-1)68(52-19-7-2-8-20-52)62-27-15-13-25-58(62)60-40-33-49(43-64(60)68)47-29-35-55(36-30-47)70(56-37-31-48(32-38-56)50-34-42-66-67(44-50)72-46-71-66)57-39-41-61-59-26-14-16-28-63(59)69(65(61)45-57,53-21-9-3-10-22-53)54-23-11-4-12-24-54/h1-45H,46H2. The van der Waals surface area contributed by atoms with Crippen LogP contribution in [0.3, 0.4) is 0 Å². The Labute approximate surface area is 420 Å². The predicted molar refractivity (Wildman–Crippen MR) is 293 cm³/mol. The van der Waals surface area contributed by atoms with Crippen LogP contribution in [-0.4, -0.2) is 6.79 Å². The number of hydrogen-bond donors (Lipinski definition) is 0. The van der Waals surface area contributed by atoms with Gasteiger partial charge in [0.05, 0.1) is 10.8 Å². The van der Waals surface area contributed by atoms with Crippen molar-refractivity contribution in [1.82, 2.24) is 0 Å². The van der Waals surface area contributed by atoms with Crippen LogP contribution in [0.5, 0.6) is 11.5 Å². The lowest BCUT2D eigenvalue weighted by Gasteiger charge is -2.35. The Morgan fingerprint density at radius 1 is 0.264 bits per heavy atom. The summed E-state index contributed by atoms with van der Waals surface area (Å²) in [7, 11) is 0. The molecule has 0 N–H and O–H groups in total. The molecule has 14 rings (SSSR count). The van der Waals surface area contributed by atoms with Crippen molar-refractivity contribution in [1.29, 1.82) is 0 Å². The van der Waals surface area contributed by atoms with Crippen molar-refractivity contribution in [2.45, 2.75) is 10.8 Å². The van der Waals surface area contributed by atoms with Gasteiger partial charge in [0.25, 0.3) is 0 Å². The fourth-order valence-corrected chi connectivity index (χ4v) is 12.3. The van der Waals surface area contributed by atoms with Crippen LogP contribution < -0.4 is 14.4 Å². The summed E-state index contributed by atoms with van der Waals surface area (Å²) in [5, 5.41) is 0. The van der Waals surface area contributed by atoms with E-state index in [1.54, 1.807) is 0 Å². The van der Waals surface area contributed by atoms with Crippen molar-refractivity contribution in [3.63, 3.8) is 0 Å². The summed E-state index contributed by atoms with van der Waals surface area (Å²) in [6, 6.07) is 100. The molecule has 11 aromatic carbocycles. The van der Waals surface area contributed by atoms with Crippen LogP contribution in [0.4, 0.5) is 17.1 Å². The third kappa shape index (κ3) is 6.30. The number of fused-ring (bicyclic) bond motifs is 7. The lowest BCUT2D eigenvalue weighted by atomic mass is 9.67. The van der Waals surface area contributed by atoms with E-state index in [1.165, 1.54) is 72.3 Å². The third-order valence-electron chi connectivity index (χ3n) is 15.4. The van der Waals surface area contributed by atoms with Gasteiger partial charge in [0.2, 0.25) is 6.79 Å². The van der Waals surface area contributed by atoms with Crippen molar-refractivity contribution in [2.75, 3.05) is 11.7 Å². The first-order valence-corrected chi connectivity index (χ1v) is 24.8. The molecule has 0 unspecified atom stereocenters. The van der Waals surface area contributed by atoms with Crippen LogP contribution >= 0.6 is 0 Å². The van der Waals surface area contributed by atoms with E-state index in [2.05, 4.69) is 272 Å². The molecule has 0 spiro atoms. The zero-order valence-corrected chi connectivity index (χ0v) is 39.5. The van der Waals surface area contributed by atoms with Crippen LogP contribution in [0.1, 0.15) is 44.5 Å². The number of hydrogen-bond acceptors (Lipinski definition) is 3. The summed E-state index contributed by atoms with van der Waals surface area (Å²) in [6.45, 7) is 0.246. The van der Waals surface area contributed by atoms with E-state index in [0.29, 0.717) is 0 Å². The maximum absolute atomic E-state index is 5.78. The van der Waals surface area contributed by atoms with Crippen LogP contribution in [-0.2, 0) is 10.8 Å². The summed E-state index contributed by atoms with van der Waals surface area (Å²) < 4.78 is 11.4. The van der Waals surface area contributed by atoms with Gasteiger partial charge >= 0.3 is 0 Å². The van der Waals surface area contributed by atoms with Crippen LogP contribution in [0.15, 0.2) is 273 Å². The predicted octanol–water partition coefficient (Wildman–Crippen LogP) is 16.9. The summed E-state index contributed by atoms with van der Waals surface area (Å²) in [5.74, 6) is 1.55. The molecule has 3 heteroatoms. The topological polar surface area (TPSA) is 21.7 Å². The van der Waals surface area contributed by atoms with E-state index >= 15 is 0 Å². The molecule has 0 aromatic heterocycles. The maximum Gasteiger partial charge on any atom is 0.231 e. The second-order valence-electron chi connectivity index (χ2n) is 19.0. The fourth-order valence-electron chi connectivity index (χ4n) is 12.3. The number of rotatable bonds is 9. The molecule has 1 heterocycles. The first kappa shape index (κ1) is 41.8. The molecule has 0 bridgehead atoms. The van der Waals surface area contributed by atoms with Gasteiger partial charge in [-0.2, -0.15) is 0 Å². The van der Waals surface area contributed by atoms with Gasteiger partial charge in [-0.1, -0.05) is 218 Å². The van der Waals surface area contributed by atoms with Gasteiger partial charge in [0.1, 0.15) is 0 Å². The molecule has 3 aliphatic rings. The second-order valence-corrected chi connectivity index (χ2v) is 19.0. The van der Waals surface area contributed by atoms with Gasteiger partial charge < -0.3 is 14.4 Å². The quantitative estimate of drug-likeness (QED) is 0.144. The average molecular weight is 922 g/mol. The normalized spacial score (nSPS) is 13.9. The molecule has 340 valence electrons. The van der Waals surface area contributed by atoms with Gasteiger partial charge in [-0.15, -0.1) is 0 Å². The fraction of sp³-hybridized carbons (Fsp3) is 0.0435. The Bertz CT molecular complexity index is 3730. The van der Waals surface area contributed by atoms with E-state index in [-0.39, 0.29) is 6.79 Å². The molecule has 0 saturated carbocycles. The molecule has 0 radical (unpaired) electrons. The van der Waals surface area contributed by atoms with E-state index in [1.807, 2.05) is 6.07 Å². The summed E-state index contributed by atoms with van der Waals surface area (Å²) in [5.41, 5.74) is 21.9. The van der Waals surface area contributed by atoms with Crippen LogP contribution in [0.2, 0.25) is 0 Å². The molecule has 72 heavy (non-hydrogen) atoms. The Hall–Kier alpha value is -9.18. The van der Waals surface area contributed by atoms with Crippen molar-refractivity contribution >= 4 is 17.1 Å². The van der Waals surface area contributed by atoms with E-state index in [0.717, 1.165) is 45.3 Å². The van der Waals surface area contributed by atoms with Gasteiger partial charge in [-0.25, -0.2) is 0 Å². The monoisotopic (exact) mass is 921 g/mol. The molecule has 2 aliphatic carbocycles. The van der Waals surface area contributed by atoms with Crippen molar-refractivity contribution < 1.29 is 9.47 Å². The number of nitrogens with zero attached hydrogens (tertiary/aromatic N) is 1. The lowest BCUT2D eigenvalue weighted by molar-refractivity contribution is 0.174. The number of benzene rings is 11. The van der Waals surface area contributed by atoms with Gasteiger partial charge in [-0.05, 0) is 144 Å². The average Bonchev–Trinajstić information content (AvgIpc) is 4.15. The second kappa shape index (κ2) is 16.8. The Morgan fingerprint density at radius 2 is 0.625 bits per heavy atom. The maximum atomic E-state index is 5.78. The van der Waals surface area contributed by atoms with E-state index in [9.17, 15) is 0 Å². The molecule has 11 aromatic rings. The van der Waals surface area contributed by atoms with Gasteiger partial charge in [0.15, 0.2) is 11.5 Å². The van der Waals surface area contributed by atoms with Crippen molar-refractivity contribution in [3.8, 4) is 56.0 Å². The van der Waals surface area contributed by atoms with E-state index in [4.69, 9.17) is 9.47 Å². The molecular weight excluding hydrogens is 875 g/mol. The highest BCUT2D eigenvalue weighted by molar-refractivity contribution is 5.91. The largest absolute Gasteiger partial charge is 0.454 e. The zero-order valence-electron chi connectivity index (χ0n) is 39.5. The molecule has 0 saturated heterocycles. The minimum absolute atomic E-state index is 0.246. The minimum atomic E-state index is -0.537. The molecule has 0 fully saturated rings. The SMILES string of the molecule is c1ccc(C2(c3ccccc3)c3ccccc3-c3ccc(-c4ccc(N(c5ccc(-c6ccc7c(c6)OCO7)cc5)c5ccc6c(c5)C(c5ccccc5)(c5ccccc5)c5ccccc5-6)cc4)cc32)cc1. The Balaban J connectivity index is 0.926. The Morgan fingerprint density at radius 3 is 1.12 bits per heavy atom. The third-order valence-corrected chi connectivity index (χ3v) is 15.4. The molecular formula is C69H47NO2. The highest BCUT2D eigenvalue weighted by Gasteiger charge is 2.47.